The average Bonchev–Trinajstić information content (AvgIpc) is 2.75. The summed E-state index contributed by atoms with van der Waals surface area (Å²) >= 11 is 1.89. The normalized spacial score (nSPS) is 34.1. The minimum absolute atomic E-state index is 0.00840. The number of hydrogen-bond donors (Lipinski definition) is 1. The summed E-state index contributed by atoms with van der Waals surface area (Å²) in [4.78, 5) is 0. The van der Waals surface area contributed by atoms with Crippen molar-refractivity contribution in [3.63, 3.8) is 0 Å². The first kappa shape index (κ1) is 10.7. The minimum atomic E-state index is -2.47. The standard InChI is InChI=1S/C10H16F2OS/c11-10(12)6-8(10)5-9(13)7-1-3-14-4-2-7/h7-9,13H,1-6H2. The van der Waals surface area contributed by atoms with Crippen LogP contribution in [0.25, 0.3) is 0 Å². The van der Waals surface area contributed by atoms with Crippen LogP contribution in [0.1, 0.15) is 25.7 Å². The zero-order valence-corrected chi connectivity index (χ0v) is 8.90. The SMILES string of the molecule is OC(CC1CC1(F)F)C1CCSCC1. The number of hydrogen-bond acceptors (Lipinski definition) is 2. The zero-order valence-electron chi connectivity index (χ0n) is 8.09. The van der Waals surface area contributed by atoms with E-state index in [2.05, 4.69) is 0 Å². The van der Waals surface area contributed by atoms with Gasteiger partial charge in [-0.3, -0.25) is 0 Å². The van der Waals surface area contributed by atoms with Crippen molar-refractivity contribution in [2.75, 3.05) is 11.5 Å². The van der Waals surface area contributed by atoms with Crippen molar-refractivity contribution in [1.29, 1.82) is 0 Å². The molecule has 0 amide bonds. The van der Waals surface area contributed by atoms with E-state index in [9.17, 15) is 13.9 Å². The summed E-state index contributed by atoms with van der Waals surface area (Å²) < 4.78 is 25.2. The van der Waals surface area contributed by atoms with Crippen LogP contribution in [0.5, 0.6) is 0 Å². The lowest BCUT2D eigenvalue weighted by molar-refractivity contribution is 0.0527. The molecule has 0 bridgehead atoms. The smallest absolute Gasteiger partial charge is 0.251 e. The van der Waals surface area contributed by atoms with Crippen LogP contribution >= 0.6 is 11.8 Å². The molecule has 2 aliphatic rings. The highest BCUT2D eigenvalue weighted by Crippen LogP contribution is 2.51. The van der Waals surface area contributed by atoms with E-state index in [1.54, 1.807) is 0 Å². The predicted molar refractivity (Wildman–Crippen MR) is 53.7 cm³/mol. The highest BCUT2D eigenvalue weighted by Gasteiger charge is 2.57. The topological polar surface area (TPSA) is 20.2 Å². The maximum atomic E-state index is 12.6. The molecular weight excluding hydrogens is 206 g/mol. The average molecular weight is 222 g/mol. The number of aliphatic hydroxyl groups excluding tert-OH is 1. The highest BCUT2D eigenvalue weighted by molar-refractivity contribution is 7.99. The molecule has 4 heteroatoms. The van der Waals surface area contributed by atoms with Gasteiger partial charge in [-0.05, 0) is 36.7 Å². The lowest BCUT2D eigenvalue weighted by atomic mass is 9.92. The van der Waals surface area contributed by atoms with Gasteiger partial charge in [0.2, 0.25) is 0 Å². The number of aliphatic hydroxyl groups is 1. The van der Waals surface area contributed by atoms with E-state index in [-0.39, 0.29) is 12.3 Å². The summed E-state index contributed by atoms with van der Waals surface area (Å²) in [6.07, 6.45) is 1.79. The molecule has 0 aromatic rings. The fourth-order valence-corrected chi connectivity index (χ4v) is 3.25. The van der Waals surface area contributed by atoms with Gasteiger partial charge in [0.05, 0.1) is 6.10 Å². The molecule has 2 unspecified atom stereocenters. The molecule has 2 atom stereocenters. The zero-order chi connectivity index (χ0) is 10.2. The van der Waals surface area contributed by atoms with Crippen molar-refractivity contribution in [3.05, 3.63) is 0 Å². The number of thioether (sulfide) groups is 1. The van der Waals surface area contributed by atoms with Crippen LogP contribution in [0.4, 0.5) is 8.78 Å². The fourth-order valence-electron chi connectivity index (χ4n) is 2.11. The Bertz CT molecular complexity index is 204. The Labute approximate surface area is 87.3 Å². The van der Waals surface area contributed by atoms with Crippen molar-refractivity contribution in [2.45, 2.75) is 37.7 Å². The first-order valence-corrected chi connectivity index (χ1v) is 6.39. The lowest BCUT2D eigenvalue weighted by Crippen LogP contribution is -2.25. The Balaban J connectivity index is 1.75. The van der Waals surface area contributed by atoms with Crippen LogP contribution in [0.2, 0.25) is 0 Å². The van der Waals surface area contributed by atoms with Gasteiger partial charge in [-0.25, -0.2) is 8.78 Å². The summed E-state index contributed by atoms with van der Waals surface area (Å²) in [5.41, 5.74) is 0. The lowest BCUT2D eigenvalue weighted by Gasteiger charge is -2.26. The summed E-state index contributed by atoms with van der Waals surface area (Å²) in [6.45, 7) is 0. The van der Waals surface area contributed by atoms with Gasteiger partial charge in [0.15, 0.2) is 0 Å². The molecule has 0 aromatic carbocycles. The van der Waals surface area contributed by atoms with Crippen LogP contribution < -0.4 is 0 Å². The molecule has 2 rings (SSSR count). The summed E-state index contributed by atoms with van der Waals surface area (Å²) in [5, 5.41) is 9.77. The third-order valence-corrected chi connectivity index (χ3v) is 4.34. The Morgan fingerprint density at radius 1 is 1.36 bits per heavy atom. The second kappa shape index (κ2) is 3.97. The molecule has 1 heterocycles. The molecule has 1 aliphatic heterocycles. The maximum Gasteiger partial charge on any atom is 0.251 e. The van der Waals surface area contributed by atoms with Gasteiger partial charge in [0.25, 0.3) is 5.92 Å². The molecule has 82 valence electrons. The molecule has 1 aliphatic carbocycles. The van der Waals surface area contributed by atoms with Crippen molar-refractivity contribution in [2.24, 2.45) is 11.8 Å². The minimum Gasteiger partial charge on any atom is -0.393 e. The third-order valence-electron chi connectivity index (χ3n) is 3.29. The van der Waals surface area contributed by atoms with Gasteiger partial charge < -0.3 is 5.11 Å². The van der Waals surface area contributed by atoms with Gasteiger partial charge in [-0.15, -0.1) is 0 Å². The molecule has 2 fully saturated rings. The Morgan fingerprint density at radius 3 is 2.43 bits per heavy atom. The van der Waals surface area contributed by atoms with E-state index in [1.165, 1.54) is 0 Å². The Kier molecular flexibility index (Phi) is 3.03. The van der Waals surface area contributed by atoms with Gasteiger partial charge in [-0.2, -0.15) is 11.8 Å². The molecule has 1 N–H and O–H groups in total. The van der Waals surface area contributed by atoms with E-state index in [0.717, 1.165) is 24.3 Å². The van der Waals surface area contributed by atoms with Crippen molar-refractivity contribution < 1.29 is 13.9 Å². The van der Waals surface area contributed by atoms with Gasteiger partial charge in [0, 0.05) is 12.3 Å². The van der Waals surface area contributed by atoms with E-state index < -0.39 is 17.9 Å². The molecule has 1 nitrogen and oxygen atoms in total. The van der Waals surface area contributed by atoms with Crippen molar-refractivity contribution in [1.82, 2.24) is 0 Å². The predicted octanol–water partition coefficient (Wildman–Crippen LogP) is 2.54. The van der Waals surface area contributed by atoms with Gasteiger partial charge in [-0.1, -0.05) is 0 Å². The third kappa shape index (κ3) is 2.40. The van der Waals surface area contributed by atoms with Crippen LogP contribution in [-0.2, 0) is 0 Å². The molecule has 14 heavy (non-hydrogen) atoms. The van der Waals surface area contributed by atoms with E-state index in [4.69, 9.17) is 0 Å². The number of alkyl halides is 2. The summed E-state index contributed by atoms with van der Waals surface area (Å²) in [7, 11) is 0. The molecule has 0 spiro atoms. The fraction of sp³-hybridized carbons (Fsp3) is 1.00. The number of rotatable bonds is 3. The summed E-state index contributed by atoms with van der Waals surface area (Å²) in [6, 6.07) is 0. The van der Waals surface area contributed by atoms with E-state index in [1.807, 2.05) is 11.8 Å². The first-order chi connectivity index (χ1) is 6.59. The van der Waals surface area contributed by atoms with Crippen LogP contribution in [0.15, 0.2) is 0 Å². The quantitative estimate of drug-likeness (QED) is 0.792. The Hall–Kier alpha value is 0.170. The molecular formula is C10H16F2OS. The van der Waals surface area contributed by atoms with Crippen LogP contribution in [0, 0.1) is 11.8 Å². The van der Waals surface area contributed by atoms with Gasteiger partial charge >= 0.3 is 0 Å². The molecule has 0 radical (unpaired) electrons. The van der Waals surface area contributed by atoms with Crippen LogP contribution in [0.3, 0.4) is 0 Å². The second-order valence-electron chi connectivity index (χ2n) is 4.41. The molecule has 1 saturated carbocycles. The maximum absolute atomic E-state index is 12.6. The number of halogens is 2. The first-order valence-electron chi connectivity index (χ1n) is 5.23. The van der Waals surface area contributed by atoms with Crippen LogP contribution in [-0.4, -0.2) is 28.6 Å². The highest BCUT2D eigenvalue weighted by atomic mass is 32.2. The van der Waals surface area contributed by atoms with E-state index in [0.29, 0.717) is 6.42 Å². The summed E-state index contributed by atoms with van der Waals surface area (Å²) in [5.74, 6) is -0.588. The molecule has 1 saturated heterocycles. The second-order valence-corrected chi connectivity index (χ2v) is 5.64. The van der Waals surface area contributed by atoms with Crippen molar-refractivity contribution >= 4 is 11.8 Å². The molecule has 0 aromatic heterocycles. The monoisotopic (exact) mass is 222 g/mol. The van der Waals surface area contributed by atoms with Gasteiger partial charge in [0.1, 0.15) is 0 Å². The van der Waals surface area contributed by atoms with Crippen molar-refractivity contribution in [3.8, 4) is 0 Å². The largest absolute Gasteiger partial charge is 0.393 e. The van der Waals surface area contributed by atoms with E-state index >= 15 is 0 Å². The Morgan fingerprint density at radius 2 is 1.93 bits per heavy atom.